The predicted octanol–water partition coefficient (Wildman–Crippen LogP) is 3.92. The summed E-state index contributed by atoms with van der Waals surface area (Å²) in [5.41, 5.74) is 0.983. The van der Waals surface area contributed by atoms with Gasteiger partial charge in [0.15, 0.2) is 0 Å². The van der Waals surface area contributed by atoms with Crippen molar-refractivity contribution in [2.24, 2.45) is 17.3 Å². The van der Waals surface area contributed by atoms with Gasteiger partial charge in [-0.2, -0.15) is 0 Å². The van der Waals surface area contributed by atoms with E-state index < -0.39 is 5.60 Å². The molecule has 0 aromatic carbocycles. The van der Waals surface area contributed by atoms with Gasteiger partial charge in [-0.1, -0.05) is 26.3 Å². The lowest BCUT2D eigenvalue weighted by atomic mass is 9.57. The third-order valence-electron chi connectivity index (χ3n) is 5.16. The number of aliphatic hydroxyl groups is 1. The molecule has 92 valence electrons. The van der Waals surface area contributed by atoms with E-state index in [0.29, 0.717) is 5.41 Å². The molecule has 0 saturated heterocycles. The van der Waals surface area contributed by atoms with Crippen molar-refractivity contribution in [2.75, 3.05) is 0 Å². The summed E-state index contributed by atoms with van der Waals surface area (Å²) in [4.78, 5) is 0. The van der Waals surface area contributed by atoms with Gasteiger partial charge in [0.05, 0.1) is 5.60 Å². The molecule has 0 aromatic heterocycles. The van der Waals surface area contributed by atoms with E-state index >= 15 is 0 Å². The number of rotatable bonds is 1. The van der Waals surface area contributed by atoms with E-state index in [1.54, 1.807) is 0 Å². The SMILES string of the molecule is CC1CCCC2CCC(C(C)(C)O)=CC12C. The van der Waals surface area contributed by atoms with Gasteiger partial charge in [-0.3, -0.25) is 0 Å². The van der Waals surface area contributed by atoms with E-state index in [4.69, 9.17) is 0 Å². The maximum atomic E-state index is 10.2. The van der Waals surface area contributed by atoms with Crippen LogP contribution in [-0.4, -0.2) is 10.7 Å². The Labute approximate surface area is 99.9 Å². The second-order valence-electron chi connectivity index (χ2n) is 6.66. The van der Waals surface area contributed by atoms with Crippen molar-refractivity contribution in [1.82, 2.24) is 0 Å². The molecule has 0 amide bonds. The second-order valence-corrected chi connectivity index (χ2v) is 6.66. The quantitative estimate of drug-likeness (QED) is 0.667. The van der Waals surface area contributed by atoms with Crippen molar-refractivity contribution >= 4 is 0 Å². The summed E-state index contributed by atoms with van der Waals surface area (Å²) in [7, 11) is 0. The normalized spacial score (nSPS) is 40.2. The summed E-state index contributed by atoms with van der Waals surface area (Å²) in [6, 6.07) is 0. The van der Waals surface area contributed by atoms with Crippen LogP contribution in [0.3, 0.4) is 0 Å². The molecule has 1 N–H and O–H groups in total. The van der Waals surface area contributed by atoms with E-state index in [2.05, 4.69) is 19.9 Å². The maximum absolute atomic E-state index is 10.2. The molecule has 1 heteroatoms. The molecule has 0 heterocycles. The minimum absolute atomic E-state index is 0.339. The highest BCUT2D eigenvalue weighted by molar-refractivity contribution is 5.23. The molecule has 0 bridgehead atoms. The first kappa shape index (κ1) is 12.2. The van der Waals surface area contributed by atoms with Crippen LogP contribution in [0, 0.1) is 17.3 Å². The summed E-state index contributed by atoms with van der Waals surface area (Å²) >= 11 is 0. The van der Waals surface area contributed by atoms with Gasteiger partial charge in [0.2, 0.25) is 0 Å². The summed E-state index contributed by atoms with van der Waals surface area (Å²) in [5.74, 6) is 1.62. The molecule has 0 spiro atoms. The molecule has 2 aliphatic carbocycles. The van der Waals surface area contributed by atoms with Gasteiger partial charge in [0.1, 0.15) is 0 Å². The molecule has 16 heavy (non-hydrogen) atoms. The topological polar surface area (TPSA) is 20.2 Å². The fourth-order valence-electron chi connectivity index (χ4n) is 3.67. The molecule has 1 fully saturated rings. The third-order valence-corrected chi connectivity index (χ3v) is 5.16. The molecule has 3 atom stereocenters. The number of allylic oxidation sites excluding steroid dienone is 1. The number of hydrogen-bond acceptors (Lipinski definition) is 1. The smallest absolute Gasteiger partial charge is 0.0800 e. The zero-order valence-electron chi connectivity index (χ0n) is 11.2. The zero-order chi connectivity index (χ0) is 12.0. The van der Waals surface area contributed by atoms with Gasteiger partial charge < -0.3 is 5.11 Å². The van der Waals surface area contributed by atoms with Gasteiger partial charge in [-0.05, 0) is 62.4 Å². The van der Waals surface area contributed by atoms with Gasteiger partial charge in [-0.25, -0.2) is 0 Å². The highest BCUT2D eigenvalue weighted by Crippen LogP contribution is 2.52. The minimum Gasteiger partial charge on any atom is -0.386 e. The third kappa shape index (κ3) is 1.95. The standard InChI is InChI=1S/C15H26O/c1-11-6-5-7-12-8-9-13(14(2,3)16)10-15(11,12)4/h10-12,16H,5-9H2,1-4H3. The van der Waals surface area contributed by atoms with E-state index in [0.717, 1.165) is 18.3 Å². The Balaban J connectivity index is 2.32. The average Bonchev–Trinajstić information content (AvgIpc) is 2.17. The van der Waals surface area contributed by atoms with Crippen LogP contribution >= 0.6 is 0 Å². The Morgan fingerprint density at radius 1 is 1.31 bits per heavy atom. The van der Waals surface area contributed by atoms with Crippen molar-refractivity contribution < 1.29 is 5.11 Å². The summed E-state index contributed by atoms with van der Waals surface area (Å²) in [6.45, 7) is 8.65. The van der Waals surface area contributed by atoms with Crippen LogP contribution in [0.1, 0.15) is 59.8 Å². The lowest BCUT2D eigenvalue weighted by Crippen LogP contribution is -2.40. The van der Waals surface area contributed by atoms with Gasteiger partial charge in [0, 0.05) is 0 Å². The lowest BCUT2D eigenvalue weighted by Gasteiger charge is -2.49. The van der Waals surface area contributed by atoms with Gasteiger partial charge >= 0.3 is 0 Å². The minimum atomic E-state index is -0.620. The van der Waals surface area contributed by atoms with Crippen LogP contribution in [0.25, 0.3) is 0 Å². The van der Waals surface area contributed by atoms with Crippen molar-refractivity contribution in [3.8, 4) is 0 Å². The fraction of sp³-hybridized carbons (Fsp3) is 0.867. The monoisotopic (exact) mass is 222 g/mol. The Kier molecular flexibility index (Phi) is 2.94. The van der Waals surface area contributed by atoms with Crippen molar-refractivity contribution in [3.05, 3.63) is 11.6 Å². The van der Waals surface area contributed by atoms with E-state index in [9.17, 15) is 5.11 Å². The van der Waals surface area contributed by atoms with Crippen LogP contribution in [0.2, 0.25) is 0 Å². The molecule has 3 unspecified atom stereocenters. The van der Waals surface area contributed by atoms with Gasteiger partial charge in [-0.15, -0.1) is 0 Å². The zero-order valence-corrected chi connectivity index (χ0v) is 11.2. The largest absolute Gasteiger partial charge is 0.386 e. The Morgan fingerprint density at radius 2 is 2.00 bits per heavy atom. The Hall–Kier alpha value is -0.300. The van der Waals surface area contributed by atoms with Crippen molar-refractivity contribution in [3.63, 3.8) is 0 Å². The Bertz CT molecular complexity index is 297. The van der Waals surface area contributed by atoms with Crippen LogP contribution in [-0.2, 0) is 0 Å². The van der Waals surface area contributed by atoms with E-state index in [-0.39, 0.29) is 0 Å². The fourth-order valence-corrected chi connectivity index (χ4v) is 3.67. The average molecular weight is 222 g/mol. The highest BCUT2D eigenvalue weighted by Gasteiger charge is 2.43. The first-order valence-electron chi connectivity index (χ1n) is 6.78. The van der Waals surface area contributed by atoms with Crippen molar-refractivity contribution in [2.45, 2.75) is 65.4 Å². The van der Waals surface area contributed by atoms with E-state index in [1.807, 2.05) is 13.8 Å². The van der Waals surface area contributed by atoms with Crippen LogP contribution in [0.15, 0.2) is 11.6 Å². The molecule has 0 aliphatic heterocycles. The number of fused-ring (bicyclic) bond motifs is 1. The number of hydrogen-bond donors (Lipinski definition) is 1. The molecule has 0 radical (unpaired) electrons. The van der Waals surface area contributed by atoms with Gasteiger partial charge in [0.25, 0.3) is 0 Å². The molecule has 1 saturated carbocycles. The first-order chi connectivity index (χ1) is 7.34. The lowest BCUT2D eigenvalue weighted by molar-refractivity contribution is 0.0619. The second kappa shape index (κ2) is 3.87. The van der Waals surface area contributed by atoms with E-state index in [1.165, 1.54) is 31.3 Å². The Morgan fingerprint density at radius 3 is 2.62 bits per heavy atom. The molecule has 0 aromatic rings. The highest BCUT2D eigenvalue weighted by atomic mass is 16.3. The molecule has 1 nitrogen and oxygen atoms in total. The van der Waals surface area contributed by atoms with Crippen molar-refractivity contribution in [1.29, 1.82) is 0 Å². The summed E-state index contributed by atoms with van der Waals surface area (Å²) in [6.07, 6.45) is 8.92. The predicted molar refractivity (Wildman–Crippen MR) is 68.2 cm³/mol. The molecule has 2 rings (SSSR count). The molecule has 2 aliphatic rings. The molecular formula is C15H26O. The maximum Gasteiger partial charge on any atom is 0.0800 e. The van der Waals surface area contributed by atoms with Crippen LogP contribution in [0.5, 0.6) is 0 Å². The first-order valence-corrected chi connectivity index (χ1v) is 6.78. The summed E-state index contributed by atoms with van der Waals surface area (Å²) in [5, 5.41) is 10.2. The molecular weight excluding hydrogens is 196 g/mol. The van der Waals surface area contributed by atoms with Crippen LogP contribution in [0.4, 0.5) is 0 Å². The summed E-state index contributed by atoms with van der Waals surface area (Å²) < 4.78 is 0. The van der Waals surface area contributed by atoms with Crippen LogP contribution < -0.4 is 0 Å².